The molecular weight excluding hydrogens is 248 g/mol. The Morgan fingerprint density at radius 3 is 3.00 bits per heavy atom. The first-order valence-electron chi connectivity index (χ1n) is 6.31. The topological polar surface area (TPSA) is 85.2 Å². The van der Waals surface area contributed by atoms with Crippen LogP contribution in [0.3, 0.4) is 0 Å². The number of carbonyl (C=O) groups is 2. The molecule has 0 bridgehead atoms. The Bertz CT molecular complexity index is 483. The molecule has 2 heterocycles. The van der Waals surface area contributed by atoms with Crippen molar-refractivity contribution in [1.29, 1.82) is 0 Å². The van der Waals surface area contributed by atoms with Crippen molar-refractivity contribution in [3.63, 3.8) is 0 Å². The zero-order valence-corrected chi connectivity index (χ0v) is 11.1. The number of carbonyl (C=O) groups excluding carboxylic acids is 2. The summed E-state index contributed by atoms with van der Waals surface area (Å²) in [5.41, 5.74) is 0. The summed E-state index contributed by atoms with van der Waals surface area (Å²) in [7, 11) is 1.26. The van der Waals surface area contributed by atoms with Crippen molar-refractivity contribution in [2.75, 3.05) is 12.4 Å². The molecule has 2 N–H and O–H groups in total. The van der Waals surface area contributed by atoms with Crippen LogP contribution in [0.1, 0.15) is 25.6 Å². The van der Waals surface area contributed by atoms with Crippen molar-refractivity contribution < 1.29 is 14.3 Å². The number of hydrogen-bond acceptors (Lipinski definition) is 4. The Morgan fingerprint density at radius 2 is 2.26 bits per heavy atom. The molecule has 7 heteroatoms. The number of methoxy groups -OCH3 is 1. The van der Waals surface area contributed by atoms with Crippen LogP contribution < -0.4 is 10.6 Å². The number of alkyl carbamates (subject to hydrolysis) is 1. The lowest BCUT2D eigenvalue weighted by Crippen LogP contribution is -2.41. The van der Waals surface area contributed by atoms with E-state index >= 15 is 0 Å². The molecule has 1 aliphatic heterocycles. The molecule has 0 aromatic carbocycles. The molecule has 2 amide bonds. The van der Waals surface area contributed by atoms with Gasteiger partial charge in [0.15, 0.2) is 0 Å². The number of fused-ring (bicyclic) bond motifs is 1. The van der Waals surface area contributed by atoms with Gasteiger partial charge in [0.2, 0.25) is 5.91 Å². The highest BCUT2D eigenvalue weighted by Crippen LogP contribution is 2.19. The molecule has 0 saturated heterocycles. The third-order valence-electron chi connectivity index (χ3n) is 3.13. The van der Waals surface area contributed by atoms with E-state index < -0.39 is 12.1 Å². The van der Waals surface area contributed by atoms with Gasteiger partial charge in [-0.25, -0.2) is 9.78 Å². The quantitative estimate of drug-likeness (QED) is 0.851. The molecule has 7 nitrogen and oxygen atoms in total. The fraction of sp³-hybridized carbons (Fsp3) is 0.583. The highest BCUT2D eigenvalue weighted by atomic mass is 16.5. The SMILES string of the molecule is COC(=O)NC(C)C(=O)Nc1cnc2n1CCCC2. The van der Waals surface area contributed by atoms with E-state index in [2.05, 4.69) is 20.4 Å². The number of rotatable bonds is 3. The van der Waals surface area contributed by atoms with Crippen LogP contribution in [0.25, 0.3) is 0 Å². The Hall–Kier alpha value is -2.05. The standard InChI is InChI=1S/C12H18N4O3/c1-8(14-12(18)19-2)11(17)15-10-7-13-9-5-3-4-6-16(9)10/h7-8H,3-6H2,1-2H3,(H,14,18)(H,15,17). The number of aryl methyl sites for hydroxylation is 1. The summed E-state index contributed by atoms with van der Waals surface area (Å²) in [5.74, 6) is 1.38. The predicted molar refractivity (Wildman–Crippen MR) is 68.8 cm³/mol. The first-order valence-corrected chi connectivity index (χ1v) is 6.31. The van der Waals surface area contributed by atoms with Crippen LogP contribution in [-0.4, -0.2) is 34.7 Å². The Balaban J connectivity index is 1.99. The highest BCUT2D eigenvalue weighted by Gasteiger charge is 2.19. The van der Waals surface area contributed by atoms with Crippen LogP contribution in [0.4, 0.5) is 10.6 Å². The van der Waals surface area contributed by atoms with Gasteiger partial charge in [-0.15, -0.1) is 0 Å². The second-order valence-corrected chi connectivity index (χ2v) is 4.52. The molecule has 2 rings (SSSR count). The molecule has 0 spiro atoms. The smallest absolute Gasteiger partial charge is 0.407 e. The number of aromatic nitrogens is 2. The lowest BCUT2D eigenvalue weighted by Gasteiger charge is -2.18. The van der Waals surface area contributed by atoms with Crippen molar-refractivity contribution in [1.82, 2.24) is 14.9 Å². The zero-order chi connectivity index (χ0) is 13.8. The second kappa shape index (κ2) is 5.73. The number of ether oxygens (including phenoxy) is 1. The summed E-state index contributed by atoms with van der Waals surface area (Å²) in [6.45, 7) is 2.46. The lowest BCUT2D eigenvalue weighted by atomic mass is 10.2. The number of anilines is 1. The van der Waals surface area contributed by atoms with Gasteiger partial charge in [0, 0.05) is 13.0 Å². The van der Waals surface area contributed by atoms with Gasteiger partial charge < -0.3 is 19.9 Å². The molecule has 0 fully saturated rings. The largest absolute Gasteiger partial charge is 0.453 e. The summed E-state index contributed by atoms with van der Waals surface area (Å²) < 4.78 is 6.46. The molecule has 0 aliphatic carbocycles. The van der Waals surface area contributed by atoms with Gasteiger partial charge in [-0.1, -0.05) is 0 Å². The monoisotopic (exact) mass is 266 g/mol. The highest BCUT2D eigenvalue weighted by molar-refractivity contribution is 5.95. The molecule has 0 saturated carbocycles. The molecule has 1 aliphatic rings. The van der Waals surface area contributed by atoms with Gasteiger partial charge >= 0.3 is 6.09 Å². The molecule has 1 aromatic rings. The van der Waals surface area contributed by atoms with Gasteiger partial charge in [-0.2, -0.15) is 0 Å². The lowest BCUT2D eigenvalue weighted by molar-refractivity contribution is -0.117. The first kappa shape index (κ1) is 13.4. The van der Waals surface area contributed by atoms with Crippen molar-refractivity contribution in [3.8, 4) is 0 Å². The number of nitrogens with one attached hydrogen (secondary N) is 2. The summed E-state index contributed by atoms with van der Waals surface area (Å²) in [6, 6.07) is -0.665. The van der Waals surface area contributed by atoms with Crippen molar-refractivity contribution in [2.45, 2.75) is 38.8 Å². The molecule has 19 heavy (non-hydrogen) atoms. The Morgan fingerprint density at radius 1 is 1.47 bits per heavy atom. The minimum absolute atomic E-state index is 0.293. The molecular formula is C12H18N4O3. The second-order valence-electron chi connectivity index (χ2n) is 4.52. The minimum atomic E-state index is -0.665. The van der Waals surface area contributed by atoms with Crippen molar-refractivity contribution >= 4 is 17.8 Å². The molecule has 104 valence electrons. The molecule has 1 atom stereocenters. The summed E-state index contributed by atoms with van der Waals surface area (Å²) in [5, 5.41) is 5.19. The molecule has 1 unspecified atom stereocenters. The van der Waals surface area contributed by atoms with E-state index in [0.29, 0.717) is 5.82 Å². The summed E-state index contributed by atoms with van der Waals surface area (Å²) in [4.78, 5) is 27.2. The Labute approximate surface area is 111 Å². The van der Waals surface area contributed by atoms with E-state index in [0.717, 1.165) is 31.6 Å². The number of hydrogen-bond donors (Lipinski definition) is 2. The van der Waals surface area contributed by atoms with Gasteiger partial charge in [0.25, 0.3) is 0 Å². The van der Waals surface area contributed by atoms with E-state index in [-0.39, 0.29) is 5.91 Å². The normalized spacial score (nSPS) is 15.3. The van der Waals surface area contributed by atoms with Gasteiger partial charge in [-0.3, -0.25) is 4.79 Å². The van der Waals surface area contributed by atoms with Gasteiger partial charge in [0.05, 0.1) is 13.3 Å². The third kappa shape index (κ3) is 3.04. The van der Waals surface area contributed by atoms with Crippen molar-refractivity contribution in [3.05, 3.63) is 12.0 Å². The third-order valence-corrected chi connectivity index (χ3v) is 3.13. The van der Waals surface area contributed by atoms with E-state index in [9.17, 15) is 9.59 Å². The van der Waals surface area contributed by atoms with E-state index in [4.69, 9.17) is 0 Å². The van der Waals surface area contributed by atoms with Crippen LogP contribution >= 0.6 is 0 Å². The average molecular weight is 266 g/mol. The fourth-order valence-corrected chi connectivity index (χ4v) is 2.05. The summed E-state index contributed by atoms with van der Waals surface area (Å²) >= 11 is 0. The first-order chi connectivity index (χ1) is 9.11. The maximum atomic E-state index is 11.9. The maximum Gasteiger partial charge on any atom is 0.407 e. The molecule has 0 radical (unpaired) electrons. The average Bonchev–Trinajstić information content (AvgIpc) is 2.82. The van der Waals surface area contributed by atoms with Crippen LogP contribution in [0.15, 0.2) is 6.20 Å². The fourth-order valence-electron chi connectivity index (χ4n) is 2.05. The number of amides is 2. The molecule has 1 aromatic heterocycles. The minimum Gasteiger partial charge on any atom is -0.453 e. The van der Waals surface area contributed by atoms with Crippen LogP contribution in [0, 0.1) is 0 Å². The summed E-state index contributed by atoms with van der Waals surface area (Å²) in [6.07, 6.45) is 4.18. The van der Waals surface area contributed by atoms with Crippen molar-refractivity contribution in [2.24, 2.45) is 0 Å². The van der Waals surface area contributed by atoms with Crippen LogP contribution in [-0.2, 0) is 22.5 Å². The maximum absolute atomic E-state index is 11.9. The van der Waals surface area contributed by atoms with Gasteiger partial charge in [0.1, 0.15) is 17.7 Å². The van der Waals surface area contributed by atoms with E-state index in [1.165, 1.54) is 7.11 Å². The number of imidazole rings is 1. The zero-order valence-electron chi connectivity index (χ0n) is 11.1. The van der Waals surface area contributed by atoms with Crippen LogP contribution in [0.2, 0.25) is 0 Å². The van der Waals surface area contributed by atoms with E-state index in [1.54, 1.807) is 13.1 Å². The Kier molecular flexibility index (Phi) is 4.03. The predicted octanol–water partition coefficient (Wildman–Crippen LogP) is 0.902. The van der Waals surface area contributed by atoms with Gasteiger partial charge in [-0.05, 0) is 19.8 Å². The van der Waals surface area contributed by atoms with E-state index in [1.807, 2.05) is 4.57 Å². The van der Waals surface area contributed by atoms with Crippen LogP contribution in [0.5, 0.6) is 0 Å². The number of nitrogens with zero attached hydrogens (tertiary/aromatic N) is 2.